The third-order valence-corrected chi connectivity index (χ3v) is 5.42. The van der Waals surface area contributed by atoms with Gasteiger partial charge in [0.1, 0.15) is 23.2 Å². The molecule has 2 aromatic heterocycles. The second-order valence-corrected chi connectivity index (χ2v) is 7.17. The maximum atomic E-state index is 12.7. The first-order valence-electron chi connectivity index (χ1n) is 8.85. The van der Waals surface area contributed by atoms with Gasteiger partial charge in [0.05, 0.1) is 18.3 Å². The summed E-state index contributed by atoms with van der Waals surface area (Å²) in [5, 5.41) is 0. The van der Waals surface area contributed by atoms with E-state index in [1.807, 2.05) is 25.1 Å². The summed E-state index contributed by atoms with van der Waals surface area (Å²) >= 11 is 0. The lowest BCUT2D eigenvalue weighted by atomic mass is 9.82. The van der Waals surface area contributed by atoms with Crippen molar-refractivity contribution in [1.82, 2.24) is 19.9 Å². The minimum Gasteiger partial charge on any atom is -0.486 e. The summed E-state index contributed by atoms with van der Waals surface area (Å²) in [6.07, 6.45) is 5.19. The van der Waals surface area contributed by atoms with Gasteiger partial charge in [-0.15, -0.1) is 0 Å². The van der Waals surface area contributed by atoms with Crippen molar-refractivity contribution in [1.29, 1.82) is 0 Å². The van der Waals surface area contributed by atoms with Crippen LogP contribution < -0.4 is 9.64 Å². The van der Waals surface area contributed by atoms with Crippen LogP contribution in [0.2, 0.25) is 0 Å². The molecule has 3 aromatic rings. The lowest BCUT2D eigenvalue weighted by Crippen LogP contribution is -2.51. The SMILES string of the molecule is Cc1ccc2c(c1)C(=O)CC1(CCN(c3ncnc4nc[nH]c34)CC1)O2. The molecule has 0 unspecified atom stereocenters. The number of fused-ring (bicyclic) bond motifs is 2. The molecule has 0 atom stereocenters. The number of imidazole rings is 1. The third kappa shape index (κ3) is 2.34. The number of nitrogens with zero attached hydrogens (tertiary/aromatic N) is 4. The van der Waals surface area contributed by atoms with Gasteiger partial charge in [0.25, 0.3) is 0 Å². The highest BCUT2D eigenvalue weighted by atomic mass is 16.5. The van der Waals surface area contributed by atoms with Crippen molar-refractivity contribution in [3.05, 3.63) is 42.0 Å². The third-order valence-electron chi connectivity index (χ3n) is 5.42. The lowest BCUT2D eigenvalue weighted by molar-refractivity contribution is 0.0231. The standard InChI is InChI=1S/C19H19N5O2/c1-12-2-3-15-13(8-12)14(25)9-19(26-15)4-6-24(7-5-19)18-16-17(21-10-20-16)22-11-23-18/h2-3,8,10-11H,4-7,9H2,1H3,(H,20,21,22,23). The molecular weight excluding hydrogens is 330 g/mol. The van der Waals surface area contributed by atoms with Crippen molar-refractivity contribution in [2.24, 2.45) is 0 Å². The van der Waals surface area contributed by atoms with E-state index in [0.29, 0.717) is 17.6 Å². The minimum absolute atomic E-state index is 0.182. The molecule has 26 heavy (non-hydrogen) atoms. The maximum absolute atomic E-state index is 12.7. The molecule has 0 aliphatic carbocycles. The fourth-order valence-corrected chi connectivity index (χ4v) is 4.00. The Morgan fingerprint density at radius 2 is 2.04 bits per heavy atom. The number of benzene rings is 1. The van der Waals surface area contributed by atoms with Crippen molar-refractivity contribution >= 4 is 22.8 Å². The zero-order chi connectivity index (χ0) is 17.7. The molecule has 0 radical (unpaired) electrons. The van der Waals surface area contributed by atoms with Gasteiger partial charge >= 0.3 is 0 Å². The zero-order valence-electron chi connectivity index (χ0n) is 14.5. The van der Waals surface area contributed by atoms with Gasteiger partial charge in [-0.1, -0.05) is 11.6 Å². The molecule has 7 heteroatoms. The van der Waals surface area contributed by atoms with Crippen LogP contribution in [-0.4, -0.2) is 44.4 Å². The quantitative estimate of drug-likeness (QED) is 0.727. The number of nitrogens with one attached hydrogen (secondary N) is 1. The minimum atomic E-state index is -0.407. The largest absolute Gasteiger partial charge is 0.486 e. The number of hydrogen-bond acceptors (Lipinski definition) is 6. The van der Waals surface area contributed by atoms with Crippen molar-refractivity contribution in [3.8, 4) is 5.75 Å². The van der Waals surface area contributed by atoms with Gasteiger partial charge in [-0.2, -0.15) is 0 Å². The van der Waals surface area contributed by atoms with Crippen molar-refractivity contribution in [2.45, 2.75) is 31.8 Å². The molecule has 4 heterocycles. The second kappa shape index (κ2) is 5.52. The number of aromatic amines is 1. The summed E-state index contributed by atoms with van der Waals surface area (Å²) < 4.78 is 6.34. The summed E-state index contributed by atoms with van der Waals surface area (Å²) in [4.78, 5) is 30.8. The highest BCUT2D eigenvalue weighted by molar-refractivity contribution is 6.00. The fraction of sp³-hybridized carbons (Fsp3) is 0.368. The molecule has 1 spiro atoms. The van der Waals surface area contributed by atoms with Crippen molar-refractivity contribution in [2.75, 3.05) is 18.0 Å². The van der Waals surface area contributed by atoms with Gasteiger partial charge in [-0.05, 0) is 19.1 Å². The van der Waals surface area contributed by atoms with E-state index in [1.165, 1.54) is 0 Å². The molecular formula is C19H19N5O2. The summed E-state index contributed by atoms with van der Waals surface area (Å²) in [5.74, 6) is 1.76. The van der Waals surface area contributed by atoms with Gasteiger partial charge in [0.15, 0.2) is 17.2 Å². The maximum Gasteiger partial charge on any atom is 0.182 e. The molecule has 5 rings (SSSR count). The Morgan fingerprint density at radius 1 is 1.19 bits per heavy atom. The number of Topliss-reactive ketones (excluding diaryl/α,β-unsaturated/α-hetero) is 1. The Kier molecular flexibility index (Phi) is 3.25. The summed E-state index contributed by atoms with van der Waals surface area (Å²) in [6.45, 7) is 3.55. The summed E-state index contributed by atoms with van der Waals surface area (Å²) in [7, 11) is 0. The average Bonchev–Trinajstić information content (AvgIpc) is 3.12. The van der Waals surface area contributed by atoms with Crippen LogP contribution >= 0.6 is 0 Å². The van der Waals surface area contributed by atoms with Crippen LogP contribution in [0.4, 0.5) is 5.82 Å². The Hall–Kier alpha value is -2.96. The predicted octanol–water partition coefficient (Wildman–Crippen LogP) is 2.67. The fourth-order valence-electron chi connectivity index (χ4n) is 4.00. The molecule has 7 nitrogen and oxygen atoms in total. The number of aromatic nitrogens is 4. The summed E-state index contributed by atoms with van der Waals surface area (Å²) in [6, 6.07) is 5.85. The van der Waals surface area contributed by atoms with E-state index in [4.69, 9.17) is 4.74 Å². The Morgan fingerprint density at radius 3 is 2.88 bits per heavy atom. The number of carbonyl (C=O) groups excluding carboxylic acids is 1. The van der Waals surface area contributed by atoms with Gasteiger partial charge < -0.3 is 14.6 Å². The first-order chi connectivity index (χ1) is 12.6. The van der Waals surface area contributed by atoms with E-state index in [2.05, 4.69) is 24.8 Å². The smallest absolute Gasteiger partial charge is 0.182 e. The number of H-pyrrole nitrogens is 1. The molecule has 2 aliphatic heterocycles. The Balaban J connectivity index is 1.40. The predicted molar refractivity (Wildman–Crippen MR) is 96.6 cm³/mol. The number of piperidine rings is 1. The van der Waals surface area contributed by atoms with E-state index < -0.39 is 5.60 Å². The molecule has 2 aliphatic rings. The van der Waals surface area contributed by atoms with Gasteiger partial charge in [-0.25, -0.2) is 15.0 Å². The monoisotopic (exact) mass is 349 g/mol. The molecule has 0 saturated carbocycles. The number of anilines is 1. The molecule has 132 valence electrons. The molecule has 1 saturated heterocycles. The van der Waals surface area contributed by atoms with Crippen molar-refractivity contribution < 1.29 is 9.53 Å². The van der Waals surface area contributed by atoms with Crippen LogP contribution in [0.25, 0.3) is 11.2 Å². The van der Waals surface area contributed by atoms with Crippen LogP contribution in [0.5, 0.6) is 5.75 Å². The molecule has 0 bridgehead atoms. The number of ketones is 1. The van der Waals surface area contributed by atoms with Gasteiger partial charge in [-0.3, -0.25) is 4.79 Å². The highest BCUT2D eigenvalue weighted by Crippen LogP contribution is 2.40. The van der Waals surface area contributed by atoms with E-state index in [9.17, 15) is 4.79 Å². The van der Waals surface area contributed by atoms with Crippen molar-refractivity contribution in [3.63, 3.8) is 0 Å². The first kappa shape index (κ1) is 15.3. The zero-order valence-corrected chi connectivity index (χ0v) is 14.5. The Bertz CT molecular complexity index is 1000. The van der Waals surface area contributed by atoms with E-state index in [1.54, 1.807) is 12.7 Å². The number of hydrogen-bond donors (Lipinski definition) is 1. The van der Waals surface area contributed by atoms with E-state index in [-0.39, 0.29) is 5.78 Å². The summed E-state index contributed by atoms with van der Waals surface area (Å²) in [5.41, 5.74) is 2.91. The van der Waals surface area contributed by atoms with Gasteiger partial charge in [0, 0.05) is 25.9 Å². The van der Waals surface area contributed by atoms with Gasteiger partial charge in [0.2, 0.25) is 0 Å². The van der Waals surface area contributed by atoms with Crippen LogP contribution in [0.1, 0.15) is 35.2 Å². The number of aryl methyl sites for hydroxylation is 1. The Labute approximate surface area is 150 Å². The van der Waals surface area contributed by atoms with Crippen LogP contribution in [0, 0.1) is 6.92 Å². The van der Waals surface area contributed by atoms with E-state index in [0.717, 1.165) is 48.6 Å². The van der Waals surface area contributed by atoms with Crippen LogP contribution in [0.15, 0.2) is 30.9 Å². The molecule has 1 N–H and O–H groups in total. The number of ether oxygens (including phenoxy) is 1. The lowest BCUT2D eigenvalue weighted by Gasteiger charge is -2.44. The normalized spacial score (nSPS) is 18.8. The average molecular weight is 349 g/mol. The molecule has 0 amide bonds. The molecule has 1 fully saturated rings. The topological polar surface area (TPSA) is 84.0 Å². The number of rotatable bonds is 1. The first-order valence-corrected chi connectivity index (χ1v) is 8.85. The second-order valence-electron chi connectivity index (χ2n) is 7.17. The highest BCUT2D eigenvalue weighted by Gasteiger charge is 2.43. The number of carbonyl (C=O) groups is 1. The van der Waals surface area contributed by atoms with Crippen LogP contribution in [0.3, 0.4) is 0 Å². The van der Waals surface area contributed by atoms with Crippen LogP contribution in [-0.2, 0) is 0 Å². The van der Waals surface area contributed by atoms with E-state index >= 15 is 0 Å². The molecule has 1 aromatic carbocycles.